The van der Waals surface area contributed by atoms with Gasteiger partial charge in [-0.2, -0.15) is 5.26 Å². The number of hydrogen-bond acceptors (Lipinski definition) is 6. The third-order valence-corrected chi connectivity index (χ3v) is 5.76. The number of nitrogens with one attached hydrogen (secondary N) is 2. The number of aromatic nitrogens is 3. The molecule has 0 radical (unpaired) electrons. The number of anilines is 1. The fourth-order valence-corrected chi connectivity index (χ4v) is 4.28. The second kappa shape index (κ2) is 7.97. The Balaban J connectivity index is 1.66. The predicted molar refractivity (Wildman–Crippen MR) is 111 cm³/mol. The number of nitriles is 1. The van der Waals surface area contributed by atoms with Crippen molar-refractivity contribution in [3.63, 3.8) is 0 Å². The summed E-state index contributed by atoms with van der Waals surface area (Å²) in [5.41, 5.74) is 0.573. The van der Waals surface area contributed by atoms with Gasteiger partial charge >= 0.3 is 0 Å². The number of pyridine rings is 2. The molecule has 154 valence electrons. The van der Waals surface area contributed by atoms with Crippen LogP contribution < -0.4 is 4.72 Å². The van der Waals surface area contributed by atoms with Gasteiger partial charge in [-0.3, -0.25) is 14.5 Å². The second-order valence-electron chi connectivity index (χ2n) is 6.65. The SMILES string of the molecule is N#Cc1cnc2[nH]cc(C(=O)c3cccc(NS(=O)(=O)Cc4ccncc4)c3F)c2c1. The second-order valence-corrected chi connectivity index (χ2v) is 8.37. The van der Waals surface area contributed by atoms with Crippen molar-refractivity contribution in [1.82, 2.24) is 15.0 Å². The summed E-state index contributed by atoms with van der Waals surface area (Å²) in [4.78, 5) is 23.7. The van der Waals surface area contributed by atoms with Crippen LogP contribution >= 0.6 is 0 Å². The highest BCUT2D eigenvalue weighted by molar-refractivity contribution is 7.91. The zero-order valence-electron chi connectivity index (χ0n) is 15.8. The first-order valence-corrected chi connectivity index (χ1v) is 10.6. The number of hydrogen-bond donors (Lipinski definition) is 2. The van der Waals surface area contributed by atoms with Crippen LogP contribution in [0.4, 0.5) is 10.1 Å². The van der Waals surface area contributed by atoms with Crippen LogP contribution in [0, 0.1) is 17.1 Å². The Hall–Kier alpha value is -4.10. The third-order valence-electron chi connectivity index (χ3n) is 4.52. The molecule has 0 saturated carbocycles. The number of aromatic amines is 1. The molecule has 0 aliphatic rings. The molecule has 0 atom stereocenters. The van der Waals surface area contributed by atoms with E-state index in [9.17, 15) is 13.2 Å². The Kier molecular flexibility index (Phi) is 5.19. The maximum Gasteiger partial charge on any atom is 0.237 e. The van der Waals surface area contributed by atoms with Gasteiger partial charge in [-0.1, -0.05) is 6.07 Å². The lowest BCUT2D eigenvalue weighted by Gasteiger charge is -2.11. The van der Waals surface area contributed by atoms with E-state index >= 15 is 4.39 Å². The maximum absolute atomic E-state index is 15.1. The Labute approximate surface area is 176 Å². The van der Waals surface area contributed by atoms with Gasteiger partial charge in [0.1, 0.15) is 11.7 Å². The molecule has 4 aromatic rings. The minimum Gasteiger partial charge on any atom is -0.345 e. The topological polar surface area (TPSA) is 129 Å². The molecule has 3 heterocycles. The average Bonchev–Trinajstić information content (AvgIpc) is 3.18. The molecule has 0 saturated heterocycles. The summed E-state index contributed by atoms with van der Waals surface area (Å²) in [6.07, 6.45) is 5.64. The van der Waals surface area contributed by atoms with Gasteiger partial charge in [-0.15, -0.1) is 0 Å². The van der Waals surface area contributed by atoms with E-state index in [4.69, 9.17) is 5.26 Å². The lowest BCUT2D eigenvalue weighted by molar-refractivity contribution is 0.103. The first kappa shape index (κ1) is 20.2. The molecule has 0 fully saturated rings. The van der Waals surface area contributed by atoms with Crippen molar-refractivity contribution < 1.29 is 17.6 Å². The standard InChI is InChI=1S/C21H14FN5O3S/c22-19-15(20(28)17-11-26-21-16(17)8-14(9-23)10-25-21)2-1-3-18(19)27-31(29,30)12-13-4-6-24-7-5-13/h1-8,10-11,27H,12H2,(H,25,26). The van der Waals surface area contributed by atoms with Crippen molar-refractivity contribution in [2.24, 2.45) is 0 Å². The van der Waals surface area contributed by atoms with Crippen LogP contribution in [0.5, 0.6) is 0 Å². The summed E-state index contributed by atoms with van der Waals surface area (Å²) in [6.45, 7) is 0. The van der Waals surface area contributed by atoms with E-state index in [0.29, 0.717) is 16.6 Å². The quantitative estimate of drug-likeness (QED) is 0.448. The highest BCUT2D eigenvalue weighted by atomic mass is 32.2. The number of ketones is 1. The summed E-state index contributed by atoms with van der Waals surface area (Å²) < 4.78 is 42.2. The molecule has 0 aliphatic heterocycles. The van der Waals surface area contributed by atoms with Gasteiger partial charge in [0.2, 0.25) is 10.0 Å². The van der Waals surface area contributed by atoms with E-state index < -0.39 is 21.6 Å². The van der Waals surface area contributed by atoms with Crippen LogP contribution in [0.15, 0.2) is 61.2 Å². The number of H-pyrrole nitrogens is 1. The molecule has 2 N–H and O–H groups in total. The number of carbonyl (C=O) groups is 1. The van der Waals surface area contributed by atoms with E-state index in [2.05, 4.69) is 19.7 Å². The molecule has 3 aromatic heterocycles. The predicted octanol–water partition coefficient (Wildman–Crippen LogP) is 3.14. The number of nitrogens with zero attached hydrogens (tertiary/aromatic N) is 3. The van der Waals surface area contributed by atoms with Gasteiger partial charge in [0.25, 0.3) is 0 Å². The highest BCUT2D eigenvalue weighted by Crippen LogP contribution is 2.26. The summed E-state index contributed by atoms with van der Waals surface area (Å²) >= 11 is 0. The van der Waals surface area contributed by atoms with Crippen molar-refractivity contribution in [1.29, 1.82) is 5.26 Å². The fourth-order valence-electron chi connectivity index (χ4n) is 3.09. The summed E-state index contributed by atoms with van der Waals surface area (Å²) in [5.74, 6) is -2.04. The minimum absolute atomic E-state index is 0.121. The first-order chi connectivity index (χ1) is 14.9. The Morgan fingerprint density at radius 3 is 2.71 bits per heavy atom. The van der Waals surface area contributed by atoms with Crippen LogP contribution in [-0.4, -0.2) is 29.2 Å². The molecule has 4 rings (SSSR count). The molecule has 10 heteroatoms. The molecule has 0 bridgehead atoms. The smallest absolute Gasteiger partial charge is 0.237 e. The number of benzene rings is 1. The Morgan fingerprint density at radius 2 is 1.97 bits per heavy atom. The normalized spacial score (nSPS) is 11.2. The van der Waals surface area contributed by atoms with E-state index in [0.717, 1.165) is 0 Å². The molecule has 0 aliphatic carbocycles. The Morgan fingerprint density at radius 1 is 1.19 bits per heavy atom. The van der Waals surface area contributed by atoms with Gasteiger partial charge in [0.05, 0.1) is 22.6 Å². The van der Waals surface area contributed by atoms with Gasteiger partial charge in [-0.05, 0) is 35.9 Å². The number of halogens is 1. The van der Waals surface area contributed by atoms with Crippen molar-refractivity contribution in [2.75, 3.05) is 4.72 Å². The van der Waals surface area contributed by atoms with Gasteiger partial charge < -0.3 is 4.98 Å². The molecule has 8 nitrogen and oxygen atoms in total. The number of fused-ring (bicyclic) bond motifs is 1. The van der Waals surface area contributed by atoms with Gasteiger partial charge in [0.15, 0.2) is 11.6 Å². The van der Waals surface area contributed by atoms with E-state index in [1.165, 1.54) is 61.2 Å². The summed E-state index contributed by atoms with van der Waals surface area (Å²) in [6, 6.07) is 10.4. The van der Waals surface area contributed by atoms with Crippen molar-refractivity contribution in [3.05, 3.63) is 89.3 Å². The average molecular weight is 435 g/mol. The van der Waals surface area contributed by atoms with Crippen LogP contribution in [0.2, 0.25) is 0 Å². The molecule has 0 amide bonds. The number of rotatable bonds is 6. The van der Waals surface area contributed by atoms with Gasteiger partial charge in [-0.25, -0.2) is 17.8 Å². The monoisotopic (exact) mass is 435 g/mol. The van der Waals surface area contributed by atoms with Crippen LogP contribution in [-0.2, 0) is 15.8 Å². The van der Waals surface area contributed by atoms with Crippen LogP contribution in [0.1, 0.15) is 27.0 Å². The van der Waals surface area contributed by atoms with Crippen molar-refractivity contribution in [3.8, 4) is 6.07 Å². The largest absolute Gasteiger partial charge is 0.345 e. The first-order valence-electron chi connectivity index (χ1n) is 8.98. The summed E-state index contributed by atoms with van der Waals surface area (Å²) in [7, 11) is -3.93. The molecule has 1 aromatic carbocycles. The molecule has 0 spiro atoms. The third kappa shape index (κ3) is 4.12. The summed E-state index contributed by atoms with van der Waals surface area (Å²) in [5, 5.41) is 9.43. The number of sulfonamides is 1. The van der Waals surface area contributed by atoms with Crippen LogP contribution in [0.25, 0.3) is 11.0 Å². The molecular weight excluding hydrogens is 421 g/mol. The zero-order valence-corrected chi connectivity index (χ0v) is 16.6. The molecular formula is C21H14FN5O3S. The molecule has 0 unspecified atom stereocenters. The minimum atomic E-state index is -3.93. The van der Waals surface area contributed by atoms with E-state index in [1.807, 2.05) is 6.07 Å². The zero-order chi connectivity index (χ0) is 22.0. The van der Waals surface area contributed by atoms with E-state index in [-0.39, 0.29) is 28.1 Å². The van der Waals surface area contributed by atoms with Crippen LogP contribution in [0.3, 0.4) is 0 Å². The lowest BCUT2D eigenvalue weighted by Crippen LogP contribution is -2.17. The Bertz CT molecular complexity index is 1440. The van der Waals surface area contributed by atoms with Gasteiger partial charge in [0, 0.05) is 35.7 Å². The highest BCUT2D eigenvalue weighted by Gasteiger charge is 2.22. The molecule has 31 heavy (non-hydrogen) atoms. The number of carbonyl (C=O) groups excluding carboxylic acids is 1. The van der Waals surface area contributed by atoms with E-state index in [1.54, 1.807) is 0 Å². The fraction of sp³-hybridized carbons (Fsp3) is 0.0476. The van der Waals surface area contributed by atoms with Crippen molar-refractivity contribution in [2.45, 2.75) is 5.75 Å². The maximum atomic E-state index is 15.1. The lowest BCUT2D eigenvalue weighted by atomic mass is 10.0. The van der Waals surface area contributed by atoms with Crippen molar-refractivity contribution >= 4 is 32.5 Å².